The number of para-hydroxylation sites is 1. The average Bonchev–Trinajstić information content (AvgIpc) is 3.25. The Morgan fingerprint density at radius 3 is 2.62 bits per heavy atom. The van der Waals surface area contributed by atoms with Gasteiger partial charge in [0.1, 0.15) is 0 Å². The highest BCUT2D eigenvalue weighted by Crippen LogP contribution is 2.37. The lowest BCUT2D eigenvalue weighted by Gasteiger charge is -2.29. The maximum absolute atomic E-state index is 13.3. The number of allylic oxidation sites excluding steroid dienone is 1. The van der Waals surface area contributed by atoms with Crippen molar-refractivity contribution in [3.05, 3.63) is 77.0 Å². The first-order valence-electron chi connectivity index (χ1n) is 12.2. The molecule has 2 atom stereocenters. The van der Waals surface area contributed by atoms with E-state index in [4.69, 9.17) is 9.72 Å². The molecule has 1 aromatic heterocycles. The molecule has 1 amide bonds. The second-order valence-corrected chi connectivity index (χ2v) is 9.42. The Labute approximate surface area is 200 Å². The summed E-state index contributed by atoms with van der Waals surface area (Å²) >= 11 is 0. The third-order valence-corrected chi connectivity index (χ3v) is 7.08. The summed E-state index contributed by atoms with van der Waals surface area (Å²) < 4.78 is 5.56. The van der Waals surface area contributed by atoms with Gasteiger partial charge in [0.05, 0.1) is 16.8 Å². The maximum atomic E-state index is 13.3. The molecule has 34 heavy (non-hydrogen) atoms. The molecule has 5 rings (SSSR count). The van der Waals surface area contributed by atoms with Gasteiger partial charge in [0.15, 0.2) is 6.61 Å². The second-order valence-electron chi connectivity index (χ2n) is 9.42. The summed E-state index contributed by atoms with van der Waals surface area (Å²) in [7, 11) is 0. The molecule has 1 saturated carbocycles. The van der Waals surface area contributed by atoms with Gasteiger partial charge in [-0.25, -0.2) is 9.78 Å². The molecule has 0 bridgehead atoms. The third-order valence-electron chi connectivity index (χ3n) is 7.08. The fourth-order valence-electron chi connectivity index (χ4n) is 5.25. The van der Waals surface area contributed by atoms with Gasteiger partial charge in [0.2, 0.25) is 0 Å². The number of rotatable bonds is 5. The summed E-state index contributed by atoms with van der Waals surface area (Å²) in [6.45, 7) is 1.91. The number of hydrogen-bond donors (Lipinski definition) is 1. The van der Waals surface area contributed by atoms with Crippen LogP contribution in [0.15, 0.2) is 54.6 Å². The van der Waals surface area contributed by atoms with Crippen LogP contribution in [0.2, 0.25) is 0 Å². The zero-order chi connectivity index (χ0) is 23.5. The number of carbonyl (C=O) groups is 2. The number of amides is 1. The largest absolute Gasteiger partial charge is 0.452 e. The predicted molar refractivity (Wildman–Crippen MR) is 134 cm³/mol. The average molecular weight is 455 g/mol. The highest BCUT2D eigenvalue weighted by Gasteiger charge is 2.28. The Morgan fingerprint density at radius 1 is 1.03 bits per heavy atom. The van der Waals surface area contributed by atoms with E-state index in [0.717, 1.165) is 65.4 Å². The van der Waals surface area contributed by atoms with E-state index in [2.05, 4.69) is 30.4 Å². The minimum absolute atomic E-state index is 0.164. The minimum atomic E-state index is -0.456. The van der Waals surface area contributed by atoms with Crippen LogP contribution in [-0.2, 0) is 16.0 Å². The van der Waals surface area contributed by atoms with Crippen molar-refractivity contribution < 1.29 is 14.3 Å². The van der Waals surface area contributed by atoms with Crippen molar-refractivity contribution in [1.29, 1.82) is 0 Å². The second kappa shape index (κ2) is 9.80. The van der Waals surface area contributed by atoms with Gasteiger partial charge in [-0.1, -0.05) is 68.3 Å². The van der Waals surface area contributed by atoms with E-state index in [-0.39, 0.29) is 18.6 Å². The highest BCUT2D eigenvalue weighted by molar-refractivity contribution is 6.07. The number of ether oxygens (including phenoxy) is 1. The number of aromatic nitrogens is 1. The van der Waals surface area contributed by atoms with Crippen molar-refractivity contribution in [2.75, 3.05) is 6.61 Å². The van der Waals surface area contributed by atoms with Crippen LogP contribution < -0.4 is 5.32 Å². The lowest BCUT2D eigenvalue weighted by atomic mass is 9.86. The van der Waals surface area contributed by atoms with Crippen molar-refractivity contribution in [1.82, 2.24) is 10.3 Å². The Morgan fingerprint density at radius 2 is 1.79 bits per heavy atom. The molecule has 1 fully saturated rings. The molecule has 0 spiro atoms. The molecule has 3 aromatic rings. The molecule has 5 heteroatoms. The molecule has 5 nitrogen and oxygen atoms in total. The van der Waals surface area contributed by atoms with Gasteiger partial charge >= 0.3 is 5.97 Å². The highest BCUT2D eigenvalue weighted by atomic mass is 16.5. The molecule has 1 N–H and O–H groups in total. The van der Waals surface area contributed by atoms with Gasteiger partial charge in [-0.2, -0.15) is 0 Å². The number of carbonyl (C=O) groups excluding carboxylic acids is 2. The standard InChI is InChI=1S/C29H30N2O3/c1-19-9-5-7-13-24(19)30-26(32)18-34-29(33)27-22-12-6-8-14-25(22)31-28-21(15-16-23(27)28)17-20-10-3-2-4-11-20/h2-4,6,8,10-12,14,17,19,24H,5,7,9,13,15-16,18H2,1H3,(H,30,32). The number of nitrogens with one attached hydrogen (secondary N) is 1. The van der Waals surface area contributed by atoms with Gasteiger partial charge in [-0.05, 0) is 60.4 Å². The summed E-state index contributed by atoms with van der Waals surface area (Å²) in [5.74, 6) is -0.231. The lowest BCUT2D eigenvalue weighted by Crippen LogP contribution is -2.42. The number of benzene rings is 2. The van der Waals surface area contributed by atoms with Crippen LogP contribution in [0.3, 0.4) is 0 Å². The van der Waals surface area contributed by atoms with Gasteiger partial charge in [0, 0.05) is 11.4 Å². The topological polar surface area (TPSA) is 68.3 Å². The number of fused-ring (bicyclic) bond motifs is 2. The summed E-state index contributed by atoms with van der Waals surface area (Å²) in [5.41, 5.74) is 5.29. The molecule has 2 aliphatic rings. The quantitative estimate of drug-likeness (QED) is 0.512. The number of esters is 1. The van der Waals surface area contributed by atoms with Crippen LogP contribution in [-0.4, -0.2) is 29.5 Å². The van der Waals surface area contributed by atoms with Crippen molar-refractivity contribution in [2.45, 2.75) is 51.5 Å². The normalized spacial score (nSPS) is 20.8. The Kier molecular flexibility index (Phi) is 6.43. The molecular formula is C29H30N2O3. The maximum Gasteiger partial charge on any atom is 0.339 e. The Bertz CT molecular complexity index is 1250. The lowest BCUT2D eigenvalue weighted by molar-refractivity contribution is -0.125. The number of pyridine rings is 1. The summed E-state index contributed by atoms with van der Waals surface area (Å²) in [5, 5.41) is 3.83. The van der Waals surface area contributed by atoms with E-state index in [0.29, 0.717) is 11.5 Å². The monoisotopic (exact) mass is 454 g/mol. The zero-order valence-corrected chi connectivity index (χ0v) is 19.5. The van der Waals surface area contributed by atoms with Crippen LogP contribution in [0.25, 0.3) is 22.6 Å². The molecule has 1 heterocycles. The van der Waals surface area contributed by atoms with Crippen molar-refractivity contribution in [3.8, 4) is 0 Å². The molecule has 0 saturated heterocycles. The molecule has 2 unspecified atom stereocenters. The van der Waals surface area contributed by atoms with E-state index in [1.165, 1.54) is 6.42 Å². The molecule has 2 aliphatic carbocycles. The van der Waals surface area contributed by atoms with Gasteiger partial charge < -0.3 is 10.1 Å². The zero-order valence-electron chi connectivity index (χ0n) is 19.5. The Balaban J connectivity index is 1.40. The first-order valence-corrected chi connectivity index (χ1v) is 12.2. The molecule has 0 radical (unpaired) electrons. The third kappa shape index (κ3) is 4.60. The van der Waals surface area contributed by atoms with E-state index in [1.807, 2.05) is 42.5 Å². The SMILES string of the molecule is CC1CCCCC1NC(=O)COC(=O)c1c2c(nc3ccccc13)C(=Cc1ccccc1)CC2. The summed E-state index contributed by atoms with van der Waals surface area (Å²) in [6.07, 6.45) is 8.13. The van der Waals surface area contributed by atoms with Gasteiger partial charge in [-0.15, -0.1) is 0 Å². The smallest absolute Gasteiger partial charge is 0.339 e. The summed E-state index contributed by atoms with van der Waals surface area (Å²) in [4.78, 5) is 30.7. The van der Waals surface area contributed by atoms with E-state index < -0.39 is 5.97 Å². The van der Waals surface area contributed by atoms with E-state index in [9.17, 15) is 9.59 Å². The van der Waals surface area contributed by atoms with Crippen LogP contribution in [0, 0.1) is 5.92 Å². The van der Waals surface area contributed by atoms with Crippen LogP contribution >= 0.6 is 0 Å². The van der Waals surface area contributed by atoms with Crippen molar-refractivity contribution in [2.24, 2.45) is 5.92 Å². The van der Waals surface area contributed by atoms with Crippen LogP contribution in [0.4, 0.5) is 0 Å². The van der Waals surface area contributed by atoms with Crippen molar-refractivity contribution >= 4 is 34.4 Å². The minimum Gasteiger partial charge on any atom is -0.452 e. The summed E-state index contributed by atoms with van der Waals surface area (Å²) in [6, 6.07) is 18.0. The fraction of sp³-hybridized carbons (Fsp3) is 0.345. The van der Waals surface area contributed by atoms with E-state index in [1.54, 1.807) is 0 Å². The molecular weight excluding hydrogens is 424 g/mol. The first-order chi connectivity index (χ1) is 16.6. The first kappa shape index (κ1) is 22.3. The van der Waals surface area contributed by atoms with Crippen LogP contribution in [0.5, 0.6) is 0 Å². The van der Waals surface area contributed by atoms with Gasteiger partial charge in [0.25, 0.3) is 5.91 Å². The van der Waals surface area contributed by atoms with Crippen molar-refractivity contribution in [3.63, 3.8) is 0 Å². The molecule has 0 aliphatic heterocycles. The van der Waals surface area contributed by atoms with Gasteiger partial charge in [-0.3, -0.25) is 4.79 Å². The van der Waals surface area contributed by atoms with Crippen LogP contribution in [0.1, 0.15) is 66.2 Å². The number of hydrogen-bond acceptors (Lipinski definition) is 4. The molecule has 2 aromatic carbocycles. The Hall–Kier alpha value is -3.47. The fourth-order valence-corrected chi connectivity index (χ4v) is 5.25. The van der Waals surface area contributed by atoms with E-state index >= 15 is 0 Å². The molecule has 174 valence electrons. The predicted octanol–water partition coefficient (Wildman–Crippen LogP) is 5.57. The number of nitrogens with zero attached hydrogens (tertiary/aromatic N) is 1.